The van der Waals surface area contributed by atoms with Crippen LogP contribution in [0, 0.1) is 0 Å². The normalized spacial score (nSPS) is 12.3. The Morgan fingerprint density at radius 2 is 1.76 bits per heavy atom. The third-order valence-electron chi connectivity index (χ3n) is 3.57. The minimum atomic E-state index is -3.37. The van der Waals surface area contributed by atoms with E-state index < -0.39 is 10.0 Å². The van der Waals surface area contributed by atoms with Gasteiger partial charge in [-0.25, -0.2) is 8.42 Å². The molecule has 0 aromatic heterocycles. The second-order valence-electron chi connectivity index (χ2n) is 5.61. The lowest BCUT2D eigenvalue weighted by molar-refractivity contribution is 0.410. The third kappa shape index (κ3) is 5.41. The van der Waals surface area contributed by atoms with Crippen LogP contribution in [0.25, 0.3) is 0 Å². The van der Waals surface area contributed by atoms with Crippen molar-refractivity contribution in [2.75, 3.05) is 20.1 Å². The predicted octanol–water partition coefficient (Wildman–Crippen LogP) is 2.65. The average Bonchev–Trinajstić information content (AvgIpc) is 2.46. The molecule has 0 saturated heterocycles. The molecule has 1 N–H and O–H groups in total. The molecule has 21 heavy (non-hydrogen) atoms. The molecule has 0 aliphatic heterocycles. The third-order valence-corrected chi connectivity index (χ3v) is 5.62. The van der Waals surface area contributed by atoms with Crippen LogP contribution in [0.2, 0.25) is 0 Å². The monoisotopic (exact) mass is 312 g/mol. The molecular weight excluding hydrogens is 284 g/mol. The van der Waals surface area contributed by atoms with E-state index in [1.54, 1.807) is 19.2 Å². The summed E-state index contributed by atoms with van der Waals surface area (Å²) in [7, 11) is -1.75. The molecule has 120 valence electrons. The van der Waals surface area contributed by atoms with E-state index in [4.69, 9.17) is 0 Å². The van der Waals surface area contributed by atoms with Crippen LogP contribution in [0.4, 0.5) is 0 Å². The first-order chi connectivity index (χ1) is 9.89. The van der Waals surface area contributed by atoms with Crippen molar-refractivity contribution in [3.05, 3.63) is 29.8 Å². The van der Waals surface area contributed by atoms with E-state index in [2.05, 4.69) is 12.2 Å². The molecule has 0 fully saturated rings. The van der Waals surface area contributed by atoms with Crippen LogP contribution in [-0.2, 0) is 16.4 Å². The topological polar surface area (TPSA) is 49.4 Å². The number of benzene rings is 1. The molecule has 5 heteroatoms. The molecule has 1 aromatic carbocycles. The van der Waals surface area contributed by atoms with Crippen molar-refractivity contribution in [3.8, 4) is 0 Å². The number of hydrogen-bond donors (Lipinski definition) is 1. The molecule has 4 nitrogen and oxygen atoms in total. The van der Waals surface area contributed by atoms with E-state index in [1.165, 1.54) is 9.87 Å². The zero-order chi connectivity index (χ0) is 15.9. The molecule has 0 bridgehead atoms. The predicted molar refractivity (Wildman–Crippen MR) is 88.0 cm³/mol. The lowest BCUT2D eigenvalue weighted by Gasteiger charge is -2.21. The standard InChI is InChI=1S/C16H28N2O2S/c1-5-12-17-13-6-7-15-8-10-16(11-9-15)21(19,20)18(4)14(2)3/h8-11,14,17H,5-7,12-13H2,1-4H3. The Morgan fingerprint density at radius 1 is 1.14 bits per heavy atom. The van der Waals surface area contributed by atoms with Gasteiger partial charge in [0.2, 0.25) is 10.0 Å². The van der Waals surface area contributed by atoms with Crippen molar-refractivity contribution in [1.29, 1.82) is 0 Å². The van der Waals surface area contributed by atoms with Crippen molar-refractivity contribution < 1.29 is 8.42 Å². The summed E-state index contributed by atoms with van der Waals surface area (Å²) < 4.78 is 26.1. The Kier molecular flexibility index (Phi) is 7.35. The van der Waals surface area contributed by atoms with Gasteiger partial charge in [-0.2, -0.15) is 4.31 Å². The molecule has 0 aliphatic rings. The van der Waals surface area contributed by atoms with Crippen LogP contribution >= 0.6 is 0 Å². The fourth-order valence-electron chi connectivity index (χ4n) is 1.99. The highest BCUT2D eigenvalue weighted by Gasteiger charge is 2.22. The Labute approximate surface area is 129 Å². The number of nitrogens with one attached hydrogen (secondary N) is 1. The van der Waals surface area contributed by atoms with Crippen LogP contribution in [0.1, 0.15) is 39.2 Å². The van der Waals surface area contributed by atoms with Crippen LogP contribution in [0.15, 0.2) is 29.2 Å². The zero-order valence-electron chi connectivity index (χ0n) is 13.6. The molecule has 0 saturated carbocycles. The Bertz CT molecular complexity index is 510. The maximum absolute atomic E-state index is 12.3. The largest absolute Gasteiger partial charge is 0.317 e. The Morgan fingerprint density at radius 3 is 2.29 bits per heavy atom. The number of sulfonamides is 1. The van der Waals surface area contributed by atoms with Gasteiger partial charge in [-0.1, -0.05) is 19.1 Å². The number of aryl methyl sites for hydroxylation is 1. The molecule has 0 amide bonds. The number of rotatable bonds is 9. The summed E-state index contributed by atoms with van der Waals surface area (Å²) in [5.41, 5.74) is 1.18. The highest BCUT2D eigenvalue weighted by atomic mass is 32.2. The van der Waals surface area contributed by atoms with Crippen molar-refractivity contribution in [2.24, 2.45) is 0 Å². The molecule has 0 radical (unpaired) electrons. The fourth-order valence-corrected chi connectivity index (χ4v) is 3.36. The van der Waals surface area contributed by atoms with Gasteiger partial charge in [-0.3, -0.25) is 0 Å². The van der Waals surface area contributed by atoms with Gasteiger partial charge >= 0.3 is 0 Å². The van der Waals surface area contributed by atoms with Gasteiger partial charge in [0.15, 0.2) is 0 Å². The lowest BCUT2D eigenvalue weighted by Crippen LogP contribution is -2.33. The van der Waals surface area contributed by atoms with E-state index >= 15 is 0 Å². The van der Waals surface area contributed by atoms with E-state index in [1.807, 2.05) is 26.0 Å². The van der Waals surface area contributed by atoms with Crippen molar-refractivity contribution in [3.63, 3.8) is 0 Å². The van der Waals surface area contributed by atoms with E-state index in [9.17, 15) is 8.42 Å². The Balaban J connectivity index is 2.62. The van der Waals surface area contributed by atoms with Gasteiger partial charge in [-0.05, 0) is 63.9 Å². The van der Waals surface area contributed by atoms with Crippen LogP contribution in [0.5, 0.6) is 0 Å². The SMILES string of the molecule is CCCNCCCc1ccc(S(=O)(=O)N(C)C(C)C)cc1. The van der Waals surface area contributed by atoms with Crippen LogP contribution in [-0.4, -0.2) is 38.9 Å². The summed E-state index contributed by atoms with van der Waals surface area (Å²) in [6, 6.07) is 7.22. The minimum Gasteiger partial charge on any atom is -0.317 e. The van der Waals surface area contributed by atoms with Gasteiger partial charge < -0.3 is 5.32 Å². The van der Waals surface area contributed by atoms with Gasteiger partial charge in [0.25, 0.3) is 0 Å². The molecule has 0 atom stereocenters. The summed E-state index contributed by atoms with van der Waals surface area (Å²) in [4.78, 5) is 0.367. The summed E-state index contributed by atoms with van der Waals surface area (Å²) in [5, 5.41) is 3.37. The molecule has 0 heterocycles. The molecule has 1 rings (SSSR count). The molecule has 0 aliphatic carbocycles. The quantitative estimate of drug-likeness (QED) is 0.713. The Hall–Kier alpha value is -0.910. The lowest BCUT2D eigenvalue weighted by atomic mass is 10.1. The minimum absolute atomic E-state index is 0.0423. The first-order valence-corrected chi connectivity index (χ1v) is 9.11. The molecule has 0 spiro atoms. The molecule has 1 aromatic rings. The van der Waals surface area contributed by atoms with Gasteiger partial charge in [0, 0.05) is 13.1 Å². The summed E-state index contributed by atoms with van der Waals surface area (Å²) in [6.45, 7) is 7.95. The van der Waals surface area contributed by atoms with Crippen LogP contribution < -0.4 is 5.32 Å². The zero-order valence-corrected chi connectivity index (χ0v) is 14.4. The first-order valence-electron chi connectivity index (χ1n) is 7.67. The van der Waals surface area contributed by atoms with E-state index in [-0.39, 0.29) is 6.04 Å². The van der Waals surface area contributed by atoms with Gasteiger partial charge in [0.1, 0.15) is 0 Å². The van der Waals surface area contributed by atoms with Crippen molar-refractivity contribution in [2.45, 2.75) is 51.0 Å². The average molecular weight is 312 g/mol. The van der Waals surface area contributed by atoms with Gasteiger partial charge in [-0.15, -0.1) is 0 Å². The molecular formula is C16H28N2O2S. The number of nitrogens with zero attached hydrogens (tertiary/aromatic N) is 1. The smallest absolute Gasteiger partial charge is 0.243 e. The van der Waals surface area contributed by atoms with Crippen molar-refractivity contribution in [1.82, 2.24) is 9.62 Å². The van der Waals surface area contributed by atoms with Gasteiger partial charge in [0.05, 0.1) is 4.90 Å². The number of hydrogen-bond acceptors (Lipinski definition) is 3. The first kappa shape index (κ1) is 18.1. The highest BCUT2D eigenvalue weighted by molar-refractivity contribution is 7.89. The summed E-state index contributed by atoms with van der Waals surface area (Å²) in [6.07, 6.45) is 3.19. The second kappa shape index (κ2) is 8.51. The van der Waals surface area contributed by atoms with E-state index in [0.717, 1.165) is 32.4 Å². The van der Waals surface area contributed by atoms with E-state index in [0.29, 0.717) is 4.90 Å². The molecule has 0 unspecified atom stereocenters. The maximum atomic E-state index is 12.3. The van der Waals surface area contributed by atoms with Crippen molar-refractivity contribution >= 4 is 10.0 Å². The summed E-state index contributed by atoms with van der Waals surface area (Å²) >= 11 is 0. The summed E-state index contributed by atoms with van der Waals surface area (Å²) in [5.74, 6) is 0. The van der Waals surface area contributed by atoms with Crippen LogP contribution in [0.3, 0.4) is 0 Å². The highest BCUT2D eigenvalue weighted by Crippen LogP contribution is 2.17. The second-order valence-corrected chi connectivity index (χ2v) is 7.61. The maximum Gasteiger partial charge on any atom is 0.243 e. The fraction of sp³-hybridized carbons (Fsp3) is 0.625.